The maximum absolute atomic E-state index is 12.5. The highest BCUT2D eigenvalue weighted by molar-refractivity contribution is 5.92. The minimum Gasteiger partial charge on any atom is -0.362 e. The largest absolute Gasteiger partial charge is 0.362 e. The van der Waals surface area contributed by atoms with Crippen molar-refractivity contribution in [2.45, 2.75) is 59.4 Å². The summed E-state index contributed by atoms with van der Waals surface area (Å²) in [6.45, 7) is 11.9. The van der Waals surface area contributed by atoms with Crippen molar-refractivity contribution in [3.63, 3.8) is 0 Å². The molecule has 0 saturated carbocycles. The quantitative estimate of drug-likeness (QED) is 0.425. The number of nitrogens with one attached hydrogen (secondary N) is 2. The van der Waals surface area contributed by atoms with Crippen molar-refractivity contribution >= 4 is 28.6 Å². The van der Waals surface area contributed by atoms with Gasteiger partial charge in [-0.2, -0.15) is 10.1 Å². The van der Waals surface area contributed by atoms with Gasteiger partial charge in [-0.25, -0.2) is 4.98 Å². The van der Waals surface area contributed by atoms with Crippen LogP contribution in [0.1, 0.15) is 63.1 Å². The molecule has 1 amide bonds. The third-order valence-corrected chi connectivity index (χ3v) is 5.78. The van der Waals surface area contributed by atoms with Crippen LogP contribution in [-0.2, 0) is 5.54 Å². The molecule has 0 fully saturated rings. The summed E-state index contributed by atoms with van der Waals surface area (Å²) in [6.07, 6.45) is 3.12. The van der Waals surface area contributed by atoms with E-state index in [0.29, 0.717) is 24.1 Å². The summed E-state index contributed by atoms with van der Waals surface area (Å²) in [6, 6.07) is 9.92. The molecule has 0 aliphatic heterocycles. The maximum atomic E-state index is 12.5. The number of aromatic nitrogens is 4. The Labute approximate surface area is 203 Å². The van der Waals surface area contributed by atoms with Gasteiger partial charge >= 0.3 is 0 Å². The van der Waals surface area contributed by atoms with E-state index in [2.05, 4.69) is 53.4 Å². The molecule has 1 aromatic carbocycles. The molecule has 3 rings (SSSR count). The van der Waals surface area contributed by atoms with Gasteiger partial charge in [-0.1, -0.05) is 25.5 Å². The summed E-state index contributed by atoms with van der Waals surface area (Å²) in [5.74, 6) is 1.87. The van der Waals surface area contributed by atoms with Gasteiger partial charge in [0.15, 0.2) is 0 Å². The molecule has 0 aliphatic carbocycles. The number of fused-ring (bicyclic) bond motifs is 1. The third-order valence-electron chi connectivity index (χ3n) is 5.78. The molecule has 2 N–H and O–H groups in total. The van der Waals surface area contributed by atoms with Crippen LogP contribution in [0.2, 0.25) is 0 Å². The highest BCUT2D eigenvalue weighted by atomic mass is 16.1. The smallest absolute Gasteiger partial charge is 0.271 e. The van der Waals surface area contributed by atoms with Crippen LogP contribution >= 0.6 is 0 Å². The van der Waals surface area contributed by atoms with Crippen LogP contribution < -0.4 is 15.5 Å². The summed E-state index contributed by atoms with van der Waals surface area (Å²) in [4.78, 5) is 23.9. The first-order chi connectivity index (χ1) is 16.1. The zero-order valence-electron chi connectivity index (χ0n) is 21.6. The van der Waals surface area contributed by atoms with E-state index in [1.807, 2.05) is 60.9 Å². The Kier molecular flexibility index (Phi) is 8.12. The van der Waals surface area contributed by atoms with Crippen molar-refractivity contribution in [2.75, 3.05) is 37.4 Å². The van der Waals surface area contributed by atoms with Crippen LogP contribution in [0.25, 0.3) is 10.9 Å². The molecule has 3 aromatic rings. The normalized spacial score (nSPS) is 12.6. The summed E-state index contributed by atoms with van der Waals surface area (Å²) in [7, 11) is 3.99. The zero-order valence-corrected chi connectivity index (χ0v) is 21.6. The van der Waals surface area contributed by atoms with Crippen LogP contribution in [0.5, 0.6) is 0 Å². The highest BCUT2D eigenvalue weighted by Gasteiger charge is 2.20. The molecule has 1 atom stereocenters. The number of benzene rings is 1. The summed E-state index contributed by atoms with van der Waals surface area (Å²) in [5.41, 5.74) is 2.27. The van der Waals surface area contributed by atoms with Crippen LogP contribution in [0.15, 0.2) is 30.3 Å². The van der Waals surface area contributed by atoms with E-state index < -0.39 is 0 Å². The van der Waals surface area contributed by atoms with Gasteiger partial charge in [-0.15, -0.1) is 0 Å². The number of carbonyl (C=O) groups excluding carboxylic acids is 1. The summed E-state index contributed by atoms with van der Waals surface area (Å²) >= 11 is 0. The first kappa shape index (κ1) is 25.5. The second-order valence-corrected chi connectivity index (χ2v) is 10.3. The molecule has 34 heavy (non-hydrogen) atoms. The Morgan fingerprint density at radius 1 is 1.15 bits per heavy atom. The summed E-state index contributed by atoms with van der Waals surface area (Å²) < 4.78 is 1.90. The fourth-order valence-corrected chi connectivity index (χ4v) is 4.02. The van der Waals surface area contributed by atoms with E-state index in [0.717, 1.165) is 48.2 Å². The van der Waals surface area contributed by atoms with Gasteiger partial charge in [-0.05, 0) is 64.7 Å². The third kappa shape index (κ3) is 6.46. The first-order valence-electron chi connectivity index (χ1n) is 12.1. The van der Waals surface area contributed by atoms with Crippen molar-refractivity contribution in [3.8, 4) is 0 Å². The SMILES string of the molecule is Cc1cc(C(=O)NC[C@@H](C)CCCCNc2nc(N(C)C)c3ccccc3n2)nn1C(C)(C)C. The molecular weight excluding hydrogens is 426 g/mol. The lowest BCUT2D eigenvalue weighted by Crippen LogP contribution is -2.30. The number of rotatable bonds is 10. The molecule has 0 bridgehead atoms. The Morgan fingerprint density at radius 3 is 2.56 bits per heavy atom. The van der Waals surface area contributed by atoms with Crippen LogP contribution in [0, 0.1) is 12.8 Å². The van der Waals surface area contributed by atoms with E-state index in [9.17, 15) is 4.79 Å². The number of nitrogens with zero attached hydrogens (tertiary/aromatic N) is 5. The summed E-state index contributed by atoms with van der Waals surface area (Å²) in [5, 5.41) is 11.9. The van der Waals surface area contributed by atoms with Gasteiger partial charge < -0.3 is 15.5 Å². The number of hydrogen-bond donors (Lipinski definition) is 2. The van der Waals surface area contributed by atoms with Gasteiger partial charge in [0.25, 0.3) is 5.91 Å². The number of aryl methyl sites for hydroxylation is 1. The number of anilines is 2. The maximum Gasteiger partial charge on any atom is 0.271 e. The number of carbonyl (C=O) groups is 1. The fourth-order valence-electron chi connectivity index (χ4n) is 4.02. The lowest BCUT2D eigenvalue weighted by Gasteiger charge is -2.21. The number of para-hydroxylation sites is 1. The minimum absolute atomic E-state index is 0.107. The molecule has 0 saturated heterocycles. The molecule has 0 aliphatic rings. The predicted molar refractivity (Wildman–Crippen MR) is 140 cm³/mol. The Hall–Kier alpha value is -3.16. The van der Waals surface area contributed by atoms with Crippen molar-refractivity contribution in [3.05, 3.63) is 41.7 Å². The molecule has 184 valence electrons. The standard InChI is InChI=1S/C26H39N7O/c1-18(17-28-24(34)22-16-19(2)33(31-22)26(3,4)5)12-10-11-15-27-25-29-21-14-9-8-13-20(21)23(30-25)32(6)7/h8-9,13-14,16,18H,10-12,15,17H2,1-7H3,(H,28,34)(H,27,29,30)/t18-/m0/s1. The van der Waals surface area contributed by atoms with Crippen molar-refractivity contribution in [2.24, 2.45) is 5.92 Å². The first-order valence-corrected chi connectivity index (χ1v) is 12.1. The van der Waals surface area contributed by atoms with Crippen LogP contribution in [0.4, 0.5) is 11.8 Å². The second kappa shape index (κ2) is 10.8. The van der Waals surface area contributed by atoms with Crippen molar-refractivity contribution in [1.29, 1.82) is 0 Å². The van der Waals surface area contributed by atoms with E-state index in [4.69, 9.17) is 0 Å². The molecule has 0 unspecified atom stereocenters. The molecule has 0 radical (unpaired) electrons. The molecule has 2 heterocycles. The monoisotopic (exact) mass is 465 g/mol. The lowest BCUT2D eigenvalue weighted by atomic mass is 10.0. The van der Waals surface area contributed by atoms with E-state index in [1.165, 1.54) is 0 Å². The second-order valence-electron chi connectivity index (χ2n) is 10.3. The molecule has 8 nitrogen and oxygen atoms in total. The topological polar surface area (TPSA) is 88.0 Å². The Balaban J connectivity index is 1.41. The fraction of sp³-hybridized carbons (Fsp3) is 0.538. The lowest BCUT2D eigenvalue weighted by molar-refractivity contribution is 0.0940. The predicted octanol–water partition coefficient (Wildman–Crippen LogP) is 4.60. The van der Waals surface area contributed by atoms with Gasteiger partial charge in [0.2, 0.25) is 5.95 Å². The number of unbranched alkanes of at least 4 members (excludes halogenated alkanes) is 1. The number of hydrogen-bond acceptors (Lipinski definition) is 6. The average molecular weight is 466 g/mol. The average Bonchev–Trinajstić information content (AvgIpc) is 3.19. The van der Waals surface area contributed by atoms with Gasteiger partial charge in [-0.3, -0.25) is 9.48 Å². The van der Waals surface area contributed by atoms with Crippen LogP contribution in [-0.4, -0.2) is 52.8 Å². The molecule has 0 spiro atoms. The number of amides is 1. The zero-order chi connectivity index (χ0) is 24.9. The van der Waals surface area contributed by atoms with Crippen molar-refractivity contribution in [1.82, 2.24) is 25.1 Å². The molecule has 8 heteroatoms. The Morgan fingerprint density at radius 2 is 1.88 bits per heavy atom. The highest BCUT2D eigenvalue weighted by Crippen LogP contribution is 2.23. The molecule has 2 aromatic heterocycles. The van der Waals surface area contributed by atoms with Gasteiger partial charge in [0.05, 0.1) is 11.1 Å². The van der Waals surface area contributed by atoms with E-state index in [-0.39, 0.29) is 11.4 Å². The van der Waals surface area contributed by atoms with Gasteiger partial charge in [0.1, 0.15) is 11.5 Å². The van der Waals surface area contributed by atoms with Crippen LogP contribution in [0.3, 0.4) is 0 Å². The Bertz CT molecular complexity index is 1110. The molecular formula is C26H39N7O. The van der Waals surface area contributed by atoms with E-state index >= 15 is 0 Å². The van der Waals surface area contributed by atoms with E-state index in [1.54, 1.807) is 0 Å². The van der Waals surface area contributed by atoms with Gasteiger partial charge in [0, 0.05) is 38.3 Å². The minimum atomic E-state index is -0.143. The van der Waals surface area contributed by atoms with Crippen molar-refractivity contribution < 1.29 is 4.79 Å².